The second kappa shape index (κ2) is 2.13. The molecule has 2 atom stereocenters. The zero-order valence-electron chi connectivity index (χ0n) is 7.53. The van der Waals surface area contributed by atoms with Crippen LogP contribution < -0.4 is 4.90 Å². The molecular weight excluding hydrogens is 162 g/mol. The lowest BCUT2D eigenvalue weighted by Crippen LogP contribution is -2.58. The third-order valence-electron chi connectivity index (χ3n) is 3.22. The third-order valence-corrected chi connectivity index (χ3v) is 3.22. The van der Waals surface area contributed by atoms with Crippen molar-refractivity contribution in [2.45, 2.75) is 19.4 Å². The molecule has 0 aliphatic carbocycles. The van der Waals surface area contributed by atoms with Crippen LogP contribution in [0.1, 0.15) is 12.5 Å². The van der Waals surface area contributed by atoms with Crippen molar-refractivity contribution in [2.75, 3.05) is 4.90 Å². The number of rotatable bonds is 0. The van der Waals surface area contributed by atoms with Crippen molar-refractivity contribution in [3.8, 4) is 0 Å². The summed E-state index contributed by atoms with van der Waals surface area (Å²) < 4.78 is 0. The molecule has 1 amide bonds. The molecule has 1 aromatic rings. The van der Waals surface area contributed by atoms with E-state index in [-0.39, 0.29) is 11.8 Å². The highest BCUT2D eigenvalue weighted by Crippen LogP contribution is 2.42. The van der Waals surface area contributed by atoms with Crippen molar-refractivity contribution in [3.63, 3.8) is 0 Å². The first kappa shape index (κ1) is 7.13. The Kier molecular flexibility index (Phi) is 1.17. The molecule has 1 aromatic carbocycles. The van der Waals surface area contributed by atoms with E-state index in [9.17, 15) is 4.79 Å². The van der Waals surface area contributed by atoms with Crippen LogP contribution in [0.4, 0.5) is 5.69 Å². The maximum atomic E-state index is 11.5. The molecule has 2 heteroatoms. The molecule has 2 nitrogen and oxygen atoms in total. The van der Waals surface area contributed by atoms with Gasteiger partial charge >= 0.3 is 0 Å². The standard InChI is InChI=1S/C11H11NO/c1-7-10-6-8-4-2-3-5-9(8)12(10)11(7)13/h2-5,7,10H,6H2,1H3/t7-,10+/m1/s1. The van der Waals surface area contributed by atoms with Crippen LogP contribution in [0.25, 0.3) is 0 Å². The lowest BCUT2D eigenvalue weighted by molar-refractivity contribution is -0.128. The zero-order valence-corrected chi connectivity index (χ0v) is 7.53. The van der Waals surface area contributed by atoms with E-state index >= 15 is 0 Å². The second-order valence-electron chi connectivity index (χ2n) is 3.90. The molecule has 0 bridgehead atoms. The number of hydrogen-bond acceptors (Lipinski definition) is 1. The minimum atomic E-state index is 0.229. The Morgan fingerprint density at radius 2 is 2.15 bits per heavy atom. The maximum Gasteiger partial charge on any atom is 0.232 e. The van der Waals surface area contributed by atoms with Gasteiger partial charge in [-0.3, -0.25) is 4.79 Å². The molecular formula is C11H11NO. The fraction of sp³-hybridized carbons (Fsp3) is 0.364. The second-order valence-corrected chi connectivity index (χ2v) is 3.90. The quantitative estimate of drug-likeness (QED) is 0.546. The number of anilines is 1. The van der Waals surface area contributed by atoms with Crippen LogP contribution in [0, 0.1) is 5.92 Å². The minimum absolute atomic E-state index is 0.229. The smallest absolute Gasteiger partial charge is 0.232 e. The van der Waals surface area contributed by atoms with Gasteiger partial charge in [0.2, 0.25) is 5.91 Å². The summed E-state index contributed by atoms with van der Waals surface area (Å²) in [5.41, 5.74) is 2.46. The predicted octanol–water partition coefficient (Wildman–Crippen LogP) is 1.59. The number of para-hydroxylation sites is 1. The molecule has 2 aliphatic rings. The van der Waals surface area contributed by atoms with Crippen LogP contribution in [0.3, 0.4) is 0 Å². The van der Waals surface area contributed by atoms with E-state index in [1.807, 2.05) is 30.0 Å². The Bertz CT molecular complexity index is 385. The number of β-lactam (4-membered cyclic amide) rings is 1. The maximum absolute atomic E-state index is 11.5. The Morgan fingerprint density at radius 3 is 3.00 bits per heavy atom. The van der Waals surface area contributed by atoms with Gasteiger partial charge in [0.1, 0.15) is 0 Å². The molecule has 0 saturated carbocycles. The van der Waals surface area contributed by atoms with Gasteiger partial charge in [-0.2, -0.15) is 0 Å². The van der Waals surface area contributed by atoms with Crippen molar-refractivity contribution in [1.29, 1.82) is 0 Å². The van der Waals surface area contributed by atoms with Gasteiger partial charge in [-0.1, -0.05) is 25.1 Å². The van der Waals surface area contributed by atoms with Gasteiger partial charge in [0.25, 0.3) is 0 Å². The number of nitrogens with zero attached hydrogens (tertiary/aromatic N) is 1. The number of fused-ring (bicyclic) bond motifs is 3. The molecule has 0 aromatic heterocycles. The summed E-state index contributed by atoms with van der Waals surface area (Å²) in [4.78, 5) is 13.5. The molecule has 66 valence electrons. The molecule has 0 unspecified atom stereocenters. The van der Waals surface area contributed by atoms with Crippen molar-refractivity contribution >= 4 is 11.6 Å². The number of amides is 1. The van der Waals surface area contributed by atoms with Gasteiger partial charge in [0.15, 0.2) is 0 Å². The summed E-state index contributed by atoms with van der Waals surface area (Å²) >= 11 is 0. The van der Waals surface area contributed by atoms with Gasteiger partial charge < -0.3 is 4.90 Å². The summed E-state index contributed by atoms with van der Waals surface area (Å²) in [5.74, 6) is 0.516. The highest BCUT2D eigenvalue weighted by atomic mass is 16.2. The van der Waals surface area contributed by atoms with E-state index in [2.05, 4.69) is 6.07 Å². The zero-order chi connectivity index (χ0) is 9.00. The number of benzene rings is 1. The first-order chi connectivity index (χ1) is 6.29. The highest BCUT2D eigenvalue weighted by Gasteiger charge is 2.49. The molecule has 0 spiro atoms. The van der Waals surface area contributed by atoms with Crippen LogP contribution in [0.2, 0.25) is 0 Å². The molecule has 3 rings (SSSR count). The molecule has 13 heavy (non-hydrogen) atoms. The first-order valence-corrected chi connectivity index (χ1v) is 4.70. The summed E-state index contributed by atoms with van der Waals surface area (Å²) in [6.45, 7) is 2.02. The Hall–Kier alpha value is -1.31. The normalized spacial score (nSPS) is 29.6. The third kappa shape index (κ3) is 0.711. The van der Waals surface area contributed by atoms with Crippen LogP contribution in [-0.4, -0.2) is 11.9 Å². The van der Waals surface area contributed by atoms with Crippen LogP contribution in [0.15, 0.2) is 24.3 Å². The molecule has 1 fully saturated rings. The SMILES string of the molecule is C[C@H]1C(=O)N2c3ccccc3C[C@@H]12. The summed E-state index contributed by atoms with van der Waals surface area (Å²) in [5, 5.41) is 0. The predicted molar refractivity (Wildman–Crippen MR) is 50.6 cm³/mol. The Labute approximate surface area is 77.2 Å². The van der Waals surface area contributed by atoms with E-state index < -0.39 is 0 Å². The van der Waals surface area contributed by atoms with Crippen molar-refractivity contribution in [1.82, 2.24) is 0 Å². The minimum Gasteiger partial charge on any atom is -0.308 e. The molecule has 2 heterocycles. The summed E-state index contributed by atoms with van der Waals surface area (Å²) in [6, 6.07) is 8.65. The van der Waals surface area contributed by atoms with Crippen molar-refractivity contribution in [2.24, 2.45) is 5.92 Å². The van der Waals surface area contributed by atoms with Gasteiger partial charge in [0, 0.05) is 5.69 Å². The van der Waals surface area contributed by atoms with E-state index in [1.165, 1.54) is 5.56 Å². The lowest BCUT2D eigenvalue weighted by atomic mass is 9.89. The van der Waals surface area contributed by atoms with E-state index in [0.717, 1.165) is 12.1 Å². The van der Waals surface area contributed by atoms with E-state index in [0.29, 0.717) is 6.04 Å². The van der Waals surface area contributed by atoms with Crippen LogP contribution in [-0.2, 0) is 11.2 Å². The Morgan fingerprint density at radius 1 is 1.38 bits per heavy atom. The fourth-order valence-corrected chi connectivity index (χ4v) is 2.40. The first-order valence-electron chi connectivity index (χ1n) is 4.70. The topological polar surface area (TPSA) is 20.3 Å². The van der Waals surface area contributed by atoms with Crippen LogP contribution >= 0.6 is 0 Å². The number of hydrogen-bond donors (Lipinski definition) is 0. The largest absolute Gasteiger partial charge is 0.308 e. The van der Waals surface area contributed by atoms with Gasteiger partial charge in [-0.15, -0.1) is 0 Å². The molecule has 0 radical (unpaired) electrons. The summed E-state index contributed by atoms with van der Waals surface area (Å²) in [6.07, 6.45) is 1.04. The number of carbonyl (C=O) groups is 1. The lowest BCUT2D eigenvalue weighted by Gasteiger charge is -2.41. The average Bonchev–Trinajstić information content (AvgIpc) is 2.52. The van der Waals surface area contributed by atoms with Gasteiger partial charge in [-0.25, -0.2) is 0 Å². The van der Waals surface area contributed by atoms with Gasteiger partial charge in [-0.05, 0) is 18.1 Å². The van der Waals surface area contributed by atoms with Crippen molar-refractivity contribution < 1.29 is 4.79 Å². The Balaban J connectivity index is 2.10. The van der Waals surface area contributed by atoms with E-state index in [4.69, 9.17) is 0 Å². The fourth-order valence-electron chi connectivity index (χ4n) is 2.40. The molecule has 0 N–H and O–H groups in total. The van der Waals surface area contributed by atoms with E-state index in [1.54, 1.807) is 0 Å². The number of carbonyl (C=O) groups excluding carboxylic acids is 1. The molecule has 1 saturated heterocycles. The van der Waals surface area contributed by atoms with Gasteiger partial charge in [0.05, 0.1) is 12.0 Å². The summed E-state index contributed by atoms with van der Waals surface area (Å²) in [7, 11) is 0. The van der Waals surface area contributed by atoms with Crippen molar-refractivity contribution in [3.05, 3.63) is 29.8 Å². The van der Waals surface area contributed by atoms with Crippen LogP contribution in [0.5, 0.6) is 0 Å². The molecule has 2 aliphatic heterocycles. The highest BCUT2D eigenvalue weighted by molar-refractivity contribution is 6.05. The monoisotopic (exact) mass is 173 g/mol. The average molecular weight is 173 g/mol.